The summed E-state index contributed by atoms with van der Waals surface area (Å²) in [6.45, 7) is 11.4. The Bertz CT molecular complexity index is 645. The maximum absolute atomic E-state index is 10.2. The average Bonchev–Trinajstić information content (AvgIpc) is 2.76. The summed E-state index contributed by atoms with van der Waals surface area (Å²) in [7, 11) is 0. The first-order valence-corrected chi connectivity index (χ1v) is 13.7. The van der Waals surface area contributed by atoms with E-state index < -0.39 is 11.9 Å². The van der Waals surface area contributed by atoms with Crippen molar-refractivity contribution in [3.05, 3.63) is 71.8 Å². The summed E-state index contributed by atoms with van der Waals surface area (Å²) in [6.07, 6.45) is 2.67. The second kappa shape index (κ2) is 31.3. The van der Waals surface area contributed by atoms with Gasteiger partial charge in [-0.2, -0.15) is 0 Å². The predicted molar refractivity (Wildman–Crippen MR) is 137 cm³/mol. The van der Waals surface area contributed by atoms with Gasteiger partial charge in [-0.15, -0.1) is 0 Å². The van der Waals surface area contributed by atoms with E-state index in [-0.39, 0.29) is 37.2 Å². The number of unbranched alkanes of at least 4 members (excludes halogenated alkanes) is 1. The van der Waals surface area contributed by atoms with Gasteiger partial charge in [0.25, 0.3) is 0 Å². The van der Waals surface area contributed by atoms with Gasteiger partial charge >= 0.3 is 119 Å². The Morgan fingerprint density at radius 1 is 0.743 bits per heavy atom. The van der Waals surface area contributed by atoms with Crippen molar-refractivity contribution in [2.75, 3.05) is 0 Å². The fourth-order valence-corrected chi connectivity index (χ4v) is 4.06. The number of aromatic carboxylic acids is 2. The van der Waals surface area contributed by atoms with Crippen molar-refractivity contribution in [1.82, 2.24) is 0 Å². The molecule has 0 heterocycles. The monoisotopic (exact) mass is 574 g/mol. The molecule has 0 spiro atoms. The van der Waals surface area contributed by atoms with Crippen molar-refractivity contribution in [2.45, 2.75) is 63.3 Å². The molecule has 35 heavy (non-hydrogen) atoms. The summed E-state index contributed by atoms with van der Waals surface area (Å²) in [5, 5.41) is 21.0. The SMILES string of the molecule is CC(C)[CH2][Al+][CH2]C(C)C.CCC[CH2][Al+2].O=C(O)c1ccccc1.O=C(O)c1ccccc1.[Cl-].[Cl-].[Cl-]. The Morgan fingerprint density at radius 2 is 1.06 bits per heavy atom. The third-order valence-electron chi connectivity index (χ3n) is 3.88. The number of hydrogen-bond donors (Lipinski definition) is 2. The molecule has 0 atom stereocenters. The van der Waals surface area contributed by atoms with Crippen molar-refractivity contribution in [1.29, 1.82) is 0 Å². The molecule has 0 aromatic heterocycles. The van der Waals surface area contributed by atoms with Gasteiger partial charge in [-0.3, -0.25) is 0 Å². The van der Waals surface area contributed by atoms with Crippen LogP contribution in [0.2, 0.25) is 15.8 Å². The Kier molecular flexibility index (Phi) is 39.7. The van der Waals surface area contributed by atoms with E-state index in [2.05, 4.69) is 50.9 Å². The normalized spacial score (nSPS) is 8.49. The Labute approximate surface area is 246 Å². The number of hydrogen-bond acceptors (Lipinski definition) is 2. The van der Waals surface area contributed by atoms with Gasteiger partial charge in [0.2, 0.25) is 0 Å². The zero-order valence-electron chi connectivity index (χ0n) is 21.5. The molecule has 0 bridgehead atoms. The van der Waals surface area contributed by atoms with E-state index in [0.717, 1.165) is 27.1 Å². The van der Waals surface area contributed by atoms with E-state index in [1.807, 2.05) is 0 Å². The summed E-state index contributed by atoms with van der Waals surface area (Å²) in [6, 6.07) is 16.6. The number of carboxylic acids is 2. The number of carboxylic acid groups (broad SMARTS) is 2. The topological polar surface area (TPSA) is 74.6 Å². The summed E-state index contributed by atoms with van der Waals surface area (Å²) in [5.41, 5.74) is 0.662. The van der Waals surface area contributed by atoms with Gasteiger partial charge in [0.05, 0.1) is 11.1 Å². The molecule has 0 aliphatic carbocycles. The van der Waals surface area contributed by atoms with Gasteiger partial charge in [0, 0.05) is 0 Å². The molecule has 4 nitrogen and oxygen atoms in total. The largest absolute Gasteiger partial charge is 1.00 e. The Morgan fingerprint density at radius 3 is 1.20 bits per heavy atom. The molecule has 2 N–H and O–H groups in total. The van der Waals surface area contributed by atoms with Crippen LogP contribution in [-0.4, -0.2) is 53.7 Å². The first-order valence-electron chi connectivity index (χ1n) is 11.2. The molecule has 2 rings (SSSR count). The molecule has 0 unspecified atom stereocenters. The molecule has 0 amide bonds. The zero-order chi connectivity index (χ0) is 24.8. The van der Waals surface area contributed by atoms with Gasteiger partial charge in [-0.25, -0.2) is 9.59 Å². The van der Waals surface area contributed by atoms with Crippen LogP contribution in [0.3, 0.4) is 0 Å². The fourth-order valence-electron chi connectivity index (χ4n) is 2.13. The molecule has 194 valence electrons. The van der Waals surface area contributed by atoms with E-state index in [1.165, 1.54) is 28.7 Å². The van der Waals surface area contributed by atoms with E-state index in [1.54, 1.807) is 60.7 Å². The zero-order valence-corrected chi connectivity index (χ0v) is 26.0. The minimum absolute atomic E-state index is 0. The second-order valence-corrected chi connectivity index (χ2v) is 10.1. The van der Waals surface area contributed by atoms with E-state index in [4.69, 9.17) is 10.2 Å². The van der Waals surface area contributed by atoms with E-state index in [9.17, 15) is 9.59 Å². The van der Waals surface area contributed by atoms with Crippen molar-refractivity contribution in [2.24, 2.45) is 11.8 Å². The summed E-state index contributed by atoms with van der Waals surface area (Å²) in [4.78, 5) is 20.4. The van der Waals surface area contributed by atoms with Crippen LogP contribution in [0.4, 0.5) is 0 Å². The van der Waals surface area contributed by atoms with Crippen LogP contribution in [0.25, 0.3) is 0 Å². The van der Waals surface area contributed by atoms with Crippen molar-refractivity contribution in [3.63, 3.8) is 0 Å². The molecule has 2 aromatic carbocycles. The van der Waals surface area contributed by atoms with Gasteiger partial charge in [0.1, 0.15) is 0 Å². The molecule has 9 heteroatoms. The Balaban J connectivity index is -0.000000113. The van der Waals surface area contributed by atoms with Crippen LogP contribution in [0.15, 0.2) is 60.7 Å². The minimum Gasteiger partial charge on any atom is -1.00 e. The standard InChI is InChI=1S/2C7H6O2.3C4H9.2Al.3ClH/c2*8-7(9)6-4-2-1-3-5-6;2*1-4(2)3;1-3-4-2;;;;;/h2*1-5H,(H,8,9);2*4H,1H2,2-3H3;1,3-4H2,2H3;;;3*1H/q;;;;;+1;+2;;;/p-3. The number of carbonyl (C=O) groups is 2. The Hall–Kier alpha value is -0.685. The van der Waals surface area contributed by atoms with Crippen molar-refractivity contribution < 1.29 is 57.0 Å². The quantitative estimate of drug-likeness (QED) is 0.357. The molecule has 0 fully saturated rings. The molecule has 0 saturated heterocycles. The fraction of sp³-hybridized carbons (Fsp3) is 0.462. The minimum atomic E-state index is -0.879. The summed E-state index contributed by atoms with van der Waals surface area (Å²) >= 11 is 3.45. The first-order chi connectivity index (χ1) is 15.1. The van der Waals surface area contributed by atoms with E-state index in [0.29, 0.717) is 11.1 Å². The van der Waals surface area contributed by atoms with Crippen LogP contribution >= 0.6 is 0 Å². The van der Waals surface area contributed by atoms with Crippen LogP contribution < -0.4 is 37.2 Å². The number of halogens is 3. The predicted octanol–water partition coefficient (Wildman–Crippen LogP) is -2.01. The number of benzene rings is 2. The van der Waals surface area contributed by atoms with Crippen molar-refractivity contribution >= 4 is 43.4 Å². The van der Waals surface area contributed by atoms with Crippen LogP contribution in [0, 0.1) is 11.8 Å². The smallest absolute Gasteiger partial charge is 0.335 e. The maximum atomic E-state index is 10.2. The average molecular weight is 576 g/mol. The van der Waals surface area contributed by atoms with Crippen LogP contribution in [0.5, 0.6) is 0 Å². The summed E-state index contributed by atoms with van der Waals surface area (Å²) < 4.78 is 0. The van der Waals surface area contributed by atoms with Gasteiger partial charge in [0.15, 0.2) is 0 Å². The molecule has 0 radical (unpaired) electrons. The molecule has 0 saturated carbocycles. The molecule has 0 aliphatic rings. The first kappa shape index (κ1) is 44.3. The van der Waals surface area contributed by atoms with Crippen molar-refractivity contribution in [3.8, 4) is 0 Å². The third kappa shape index (κ3) is 33.3. The van der Waals surface area contributed by atoms with Gasteiger partial charge < -0.3 is 47.4 Å². The number of rotatable bonds is 8. The van der Waals surface area contributed by atoms with Crippen LogP contribution in [-0.2, 0) is 0 Å². The second-order valence-electron chi connectivity index (χ2n) is 8.03. The van der Waals surface area contributed by atoms with E-state index >= 15 is 0 Å². The molecular formula is C26H39Al2Cl3O4. The third-order valence-corrected chi connectivity index (χ3v) is 6.84. The summed E-state index contributed by atoms with van der Waals surface area (Å²) in [5.74, 6) is 0.101. The molecular weight excluding hydrogens is 537 g/mol. The maximum Gasteiger partial charge on any atom is 0.335 e. The molecule has 0 aliphatic heterocycles. The molecule has 2 aromatic rings. The van der Waals surface area contributed by atoms with Crippen LogP contribution in [0.1, 0.15) is 68.2 Å². The van der Waals surface area contributed by atoms with Gasteiger partial charge in [-0.05, 0) is 24.3 Å². The van der Waals surface area contributed by atoms with Gasteiger partial charge in [-0.1, -0.05) is 36.4 Å².